The first-order valence-corrected chi connectivity index (χ1v) is 9.57. The molecule has 3 rings (SSSR count). The number of carbonyl (C=O) groups is 1. The van der Waals surface area contributed by atoms with Crippen molar-refractivity contribution in [3.63, 3.8) is 0 Å². The quantitative estimate of drug-likeness (QED) is 0.523. The van der Waals surface area contributed by atoms with Gasteiger partial charge in [0.2, 0.25) is 5.91 Å². The average Bonchev–Trinajstić information content (AvgIpc) is 2.78. The van der Waals surface area contributed by atoms with E-state index in [0.29, 0.717) is 23.8 Å². The monoisotopic (exact) mass is 403 g/mol. The van der Waals surface area contributed by atoms with Crippen molar-refractivity contribution in [2.24, 2.45) is 0 Å². The van der Waals surface area contributed by atoms with Crippen LogP contribution in [0, 0.1) is 6.92 Å². The first kappa shape index (κ1) is 21.0. The molecule has 5 heteroatoms. The summed E-state index contributed by atoms with van der Waals surface area (Å²) in [5.74, 6) is 1.78. The van der Waals surface area contributed by atoms with Gasteiger partial charge in [0.15, 0.2) is 11.5 Å². The maximum absolute atomic E-state index is 12.2. The zero-order valence-corrected chi connectivity index (χ0v) is 17.3. The summed E-state index contributed by atoms with van der Waals surface area (Å²) in [7, 11) is 3.20. The van der Waals surface area contributed by atoms with E-state index in [1.807, 2.05) is 36.4 Å². The van der Waals surface area contributed by atoms with Crippen molar-refractivity contribution in [3.05, 3.63) is 89.5 Å². The van der Waals surface area contributed by atoms with Crippen LogP contribution < -0.4 is 19.5 Å². The smallest absolute Gasteiger partial charge is 0.248 e. The lowest BCUT2D eigenvalue weighted by molar-refractivity contribution is -0.111. The van der Waals surface area contributed by atoms with Crippen LogP contribution in [0.1, 0.15) is 16.7 Å². The Morgan fingerprint density at radius 2 is 1.70 bits per heavy atom. The van der Waals surface area contributed by atoms with Crippen LogP contribution in [0.25, 0.3) is 6.08 Å². The fraction of sp³-hybridized carbons (Fsp3) is 0.160. The highest BCUT2D eigenvalue weighted by atomic mass is 16.5. The fourth-order valence-corrected chi connectivity index (χ4v) is 2.86. The molecule has 1 amide bonds. The van der Waals surface area contributed by atoms with Crippen molar-refractivity contribution in [1.29, 1.82) is 0 Å². The molecule has 1 N–H and O–H groups in total. The maximum Gasteiger partial charge on any atom is 0.248 e. The predicted molar refractivity (Wildman–Crippen MR) is 119 cm³/mol. The summed E-state index contributed by atoms with van der Waals surface area (Å²) in [5, 5.41) is 2.81. The number of hydrogen-bond donors (Lipinski definition) is 1. The molecule has 0 saturated heterocycles. The van der Waals surface area contributed by atoms with Gasteiger partial charge < -0.3 is 19.5 Å². The van der Waals surface area contributed by atoms with Crippen LogP contribution in [-0.2, 0) is 11.4 Å². The van der Waals surface area contributed by atoms with E-state index >= 15 is 0 Å². The molecule has 0 bridgehead atoms. The van der Waals surface area contributed by atoms with Crippen molar-refractivity contribution >= 4 is 17.7 Å². The van der Waals surface area contributed by atoms with Crippen LogP contribution in [-0.4, -0.2) is 20.1 Å². The standard InChI is InChI=1S/C25H25NO4/c1-18-6-4-5-7-20(18)17-30-23-14-8-19(16-24(23)29-3)9-15-25(27)26-21-10-12-22(28-2)13-11-21/h4-16H,17H2,1-3H3,(H,26,27)/b15-9+. The second-order valence-electron chi connectivity index (χ2n) is 6.68. The molecule has 0 unspecified atom stereocenters. The highest BCUT2D eigenvalue weighted by Gasteiger charge is 2.07. The maximum atomic E-state index is 12.2. The Morgan fingerprint density at radius 1 is 0.933 bits per heavy atom. The molecule has 0 spiro atoms. The number of aryl methyl sites for hydroxylation is 1. The van der Waals surface area contributed by atoms with E-state index in [-0.39, 0.29) is 5.91 Å². The Balaban J connectivity index is 1.63. The Morgan fingerprint density at radius 3 is 2.40 bits per heavy atom. The number of hydrogen-bond acceptors (Lipinski definition) is 4. The van der Waals surface area contributed by atoms with Gasteiger partial charge in [0.25, 0.3) is 0 Å². The molecule has 0 aliphatic heterocycles. The van der Waals surface area contributed by atoms with Crippen LogP contribution in [0.3, 0.4) is 0 Å². The molecule has 0 fully saturated rings. The Bertz CT molecular complexity index is 1030. The molecule has 5 nitrogen and oxygen atoms in total. The van der Waals surface area contributed by atoms with E-state index in [1.165, 1.54) is 11.6 Å². The van der Waals surface area contributed by atoms with Crippen LogP contribution in [0.5, 0.6) is 17.2 Å². The molecule has 0 aliphatic carbocycles. The number of nitrogens with one attached hydrogen (secondary N) is 1. The second kappa shape index (κ2) is 10.2. The lowest BCUT2D eigenvalue weighted by Gasteiger charge is -2.12. The summed E-state index contributed by atoms with van der Waals surface area (Å²) in [5.41, 5.74) is 3.83. The third-order valence-corrected chi connectivity index (χ3v) is 4.62. The van der Waals surface area contributed by atoms with Gasteiger partial charge in [-0.05, 0) is 66.1 Å². The molecule has 154 valence electrons. The summed E-state index contributed by atoms with van der Waals surface area (Å²) in [6, 6.07) is 20.8. The minimum absolute atomic E-state index is 0.223. The first-order chi connectivity index (χ1) is 14.6. The summed E-state index contributed by atoms with van der Waals surface area (Å²) < 4.78 is 16.5. The van der Waals surface area contributed by atoms with Crippen LogP contribution >= 0.6 is 0 Å². The van der Waals surface area contributed by atoms with Crippen molar-refractivity contribution in [1.82, 2.24) is 0 Å². The number of amides is 1. The number of anilines is 1. The van der Waals surface area contributed by atoms with Gasteiger partial charge in [-0.1, -0.05) is 30.3 Å². The zero-order valence-electron chi connectivity index (χ0n) is 17.3. The lowest BCUT2D eigenvalue weighted by atomic mass is 10.1. The van der Waals surface area contributed by atoms with E-state index in [9.17, 15) is 4.79 Å². The normalized spacial score (nSPS) is 10.6. The van der Waals surface area contributed by atoms with E-state index < -0.39 is 0 Å². The summed E-state index contributed by atoms with van der Waals surface area (Å²) in [4.78, 5) is 12.2. The van der Waals surface area contributed by atoms with Gasteiger partial charge >= 0.3 is 0 Å². The number of benzene rings is 3. The van der Waals surface area contributed by atoms with Crippen molar-refractivity contribution < 1.29 is 19.0 Å². The van der Waals surface area contributed by atoms with Gasteiger partial charge in [0, 0.05) is 11.8 Å². The number of carbonyl (C=O) groups excluding carboxylic acids is 1. The largest absolute Gasteiger partial charge is 0.497 e. The Hall–Kier alpha value is -3.73. The number of methoxy groups -OCH3 is 2. The van der Waals surface area contributed by atoms with Crippen LogP contribution in [0.2, 0.25) is 0 Å². The van der Waals surface area contributed by atoms with E-state index in [4.69, 9.17) is 14.2 Å². The summed E-state index contributed by atoms with van der Waals surface area (Å²) >= 11 is 0. The molecular formula is C25H25NO4. The van der Waals surface area contributed by atoms with Crippen LogP contribution in [0.4, 0.5) is 5.69 Å². The van der Waals surface area contributed by atoms with Gasteiger partial charge in [-0.25, -0.2) is 0 Å². The minimum Gasteiger partial charge on any atom is -0.497 e. The van der Waals surface area contributed by atoms with Crippen molar-refractivity contribution in [2.45, 2.75) is 13.5 Å². The van der Waals surface area contributed by atoms with Gasteiger partial charge in [-0.15, -0.1) is 0 Å². The van der Waals surface area contributed by atoms with Gasteiger partial charge in [-0.2, -0.15) is 0 Å². The highest BCUT2D eigenvalue weighted by molar-refractivity contribution is 6.01. The third kappa shape index (κ3) is 5.64. The SMILES string of the molecule is COc1ccc(NC(=O)/C=C/c2ccc(OCc3ccccc3C)c(OC)c2)cc1. The number of ether oxygens (including phenoxy) is 3. The molecule has 3 aromatic carbocycles. The molecule has 3 aromatic rings. The lowest BCUT2D eigenvalue weighted by Crippen LogP contribution is -2.07. The zero-order chi connectivity index (χ0) is 21.3. The summed E-state index contributed by atoms with van der Waals surface area (Å²) in [6.07, 6.45) is 3.21. The minimum atomic E-state index is -0.223. The molecule has 0 radical (unpaired) electrons. The topological polar surface area (TPSA) is 56.8 Å². The molecule has 0 aromatic heterocycles. The van der Waals surface area contributed by atoms with Gasteiger partial charge in [-0.3, -0.25) is 4.79 Å². The Kier molecular flexibility index (Phi) is 7.11. The first-order valence-electron chi connectivity index (χ1n) is 9.57. The van der Waals surface area contributed by atoms with E-state index in [0.717, 1.165) is 16.9 Å². The van der Waals surface area contributed by atoms with Gasteiger partial charge in [0.05, 0.1) is 14.2 Å². The fourth-order valence-electron chi connectivity index (χ4n) is 2.86. The Labute approximate surface area is 176 Å². The van der Waals surface area contributed by atoms with E-state index in [1.54, 1.807) is 44.6 Å². The molecule has 0 heterocycles. The molecule has 30 heavy (non-hydrogen) atoms. The molecular weight excluding hydrogens is 378 g/mol. The highest BCUT2D eigenvalue weighted by Crippen LogP contribution is 2.29. The van der Waals surface area contributed by atoms with Crippen molar-refractivity contribution in [3.8, 4) is 17.2 Å². The second-order valence-corrected chi connectivity index (χ2v) is 6.68. The van der Waals surface area contributed by atoms with E-state index in [2.05, 4.69) is 18.3 Å². The van der Waals surface area contributed by atoms with Crippen LogP contribution in [0.15, 0.2) is 72.8 Å². The molecule has 0 aliphatic rings. The average molecular weight is 403 g/mol. The third-order valence-electron chi connectivity index (χ3n) is 4.62. The molecule has 0 saturated carbocycles. The molecule has 0 atom stereocenters. The predicted octanol–water partition coefficient (Wildman–Crippen LogP) is 5.24. The number of rotatable bonds is 8. The van der Waals surface area contributed by atoms with Crippen molar-refractivity contribution in [2.75, 3.05) is 19.5 Å². The van der Waals surface area contributed by atoms with Gasteiger partial charge in [0.1, 0.15) is 12.4 Å². The summed E-state index contributed by atoms with van der Waals surface area (Å²) in [6.45, 7) is 2.52.